The molecule has 2 rings (SSSR count). The Bertz CT molecular complexity index is 492. The molecule has 1 heterocycles. The molecule has 1 aromatic heterocycles. The monoisotopic (exact) mass is 282 g/mol. The van der Waals surface area contributed by atoms with Crippen LogP contribution >= 0.6 is 11.3 Å². The standard InChI is InChI=1S/C13H18N2O3S/c1-3-18-13(17)10-9(8-4-5-8)6-19-12(10)15-11(16)7(2)14/h6-8H,3-5,14H2,1-2H3,(H,15,16)/t7-/m1/s1. The first kappa shape index (κ1) is 14.0. The van der Waals surface area contributed by atoms with Gasteiger partial charge in [-0.05, 0) is 43.6 Å². The molecule has 0 aromatic carbocycles. The summed E-state index contributed by atoms with van der Waals surface area (Å²) in [6.45, 7) is 3.69. The Morgan fingerprint density at radius 3 is 2.79 bits per heavy atom. The SMILES string of the molecule is CCOC(=O)c1c(C2CC2)csc1NC(=O)[C@@H](C)N. The zero-order chi connectivity index (χ0) is 14.0. The number of nitrogens with one attached hydrogen (secondary N) is 1. The zero-order valence-electron chi connectivity index (χ0n) is 11.1. The topological polar surface area (TPSA) is 81.4 Å². The van der Waals surface area contributed by atoms with E-state index in [1.165, 1.54) is 11.3 Å². The summed E-state index contributed by atoms with van der Waals surface area (Å²) in [6.07, 6.45) is 2.17. The maximum absolute atomic E-state index is 12.0. The number of esters is 1. The molecule has 1 aromatic rings. The summed E-state index contributed by atoms with van der Waals surface area (Å²) < 4.78 is 5.07. The lowest BCUT2D eigenvalue weighted by Gasteiger charge is -2.09. The van der Waals surface area contributed by atoms with E-state index in [-0.39, 0.29) is 11.9 Å². The maximum atomic E-state index is 12.0. The summed E-state index contributed by atoms with van der Waals surface area (Å²) in [6, 6.07) is -0.610. The number of hydrogen-bond acceptors (Lipinski definition) is 5. The van der Waals surface area contributed by atoms with Crippen LogP contribution in [0.2, 0.25) is 0 Å². The molecule has 1 saturated carbocycles. The molecule has 0 unspecified atom stereocenters. The first-order chi connectivity index (χ1) is 9.04. The van der Waals surface area contributed by atoms with Crippen molar-refractivity contribution in [3.63, 3.8) is 0 Å². The molecular weight excluding hydrogens is 264 g/mol. The largest absolute Gasteiger partial charge is 0.462 e. The molecule has 6 heteroatoms. The molecule has 1 aliphatic carbocycles. The number of amides is 1. The Hall–Kier alpha value is -1.40. The molecule has 104 valence electrons. The number of thiophene rings is 1. The van der Waals surface area contributed by atoms with E-state index in [2.05, 4.69) is 5.32 Å². The smallest absolute Gasteiger partial charge is 0.341 e. The lowest BCUT2D eigenvalue weighted by molar-refractivity contribution is -0.117. The number of rotatable bonds is 5. The molecule has 0 aliphatic heterocycles. The van der Waals surface area contributed by atoms with E-state index in [0.717, 1.165) is 18.4 Å². The molecule has 0 saturated heterocycles. The van der Waals surface area contributed by atoms with Crippen molar-refractivity contribution in [3.8, 4) is 0 Å². The van der Waals surface area contributed by atoms with Crippen LogP contribution in [0.4, 0.5) is 5.00 Å². The lowest BCUT2D eigenvalue weighted by Crippen LogP contribution is -2.32. The van der Waals surface area contributed by atoms with Crippen LogP contribution in [-0.2, 0) is 9.53 Å². The third-order valence-corrected chi connectivity index (χ3v) is 3.88. The Morgan fingerprint density at radius 1 is 1.58 bits per heavy atom. The van der Waals surface area contributed by atoms with Crippen molar-refractivity contribution in [1.82, 2.24) is 0 Å². The summed E-state index contributed by atoms with van der Waals surface area (Å²) in [5, 5.41) is 5.18. The van der Waals surface area contributed by atoms with Gasteiger partial charge in [-0.2, -0.15) is 0 Å². The zero-order valence-corrected chi connectivity index (χ0v) is 11.9. The third kappa shape index (κ3) is 3.13. The number of carbonyl (C=O) groups excluding carboxylic acids is 2. The van der Waals surface area contributed by atoms with E-state index in [9.17, 15) is 9.59 Å². The first-order valence-corrected chi connectivity index (χ1v) is 7.27. The van der Waals surface area contributed by atoms with Crippen LogP contribution in [0.1, 0.15) is 48.5 Å². The van der Waals surface area contributed by atoms with E-state index in [1.54, 1.807) is 13.8 Å². The minimum atomic E-state index is -0.610. The molecule has 0 bridgehead atoms. The van der Waals surface area contributed by atoms with Gasteiger partial charge in [-0.15, -0.1) is 11.3 Å². The van der Waals surface area contributed by atoms with Gasteiger partial charge < -0.3 is 15.8 Å². The molecule has 1 fully saturated rings. The van der Waals surface area contributed by atoms with E-state index in [0.29, 0.717) is 23.1 Å². The Labute approximate surface area is 116 Å². The van der Waals surface area contributed by atoms with Gasteiger partial charge in [-0.3, -0.25) is 4.79 Å². The van der Waals surface area contributed by atoms with Crippen LogP contribution in [0.25, 0.3) is 0 Å². The van der Waals surface area contributed by atoms with Crippen LogP contribution in [0, 0.1) is 0 Å². The van der Waals surface area contributed by atoms with Crippen molar-refractivity contribution >= 4 is 28.2 Å². The lowest BCUT2D eigenvalue weighted by atomic mass is 10.1. The molecule has 1 aliphatic rings. The number of carbonyl (C=O) groups is 2. The van der Waals surface area contributed by atoms with Crippen molar-refractivity contribution < 1.29 is 14.3 Å². The van der Waals surface area contributed by atoms with Crippen molar-refractivity contribution in [1.29, 1.82) is 0 Å². The number of ether oxygens (including phenoxy) is 1. The van der Waals surface area contributed by atoms with Gasteiger partial charge in [0.2, 0.25) is 5.91 Å². The van der Waals surface area contributed by atoms with E-state index in [1.807, 2.05) is 5.38 Å². The van der Waals surface area contributed by atoms with Gasteiger partial charge in [0.25, 0.3) is 0 Å². The summed E-state index contributed by atoms with van der Waals surface area (Å²) in [5.74, 6) is -0.239. The van der Waals surface area contributed by atoms with Gasteiger partial charge >= 0.3 is 5.97 Å². The van der Waals surface area contributed by atoms with Crippen molar-refractivity contribution in [2.24, 2.45) is 5.73 Å². The molecule has 19 heavy (non-hydrogen) atoms. The highest BCUT2D eigenvalue weighted by Crippen LogP contribution is 2.46. The van der Waals surface area contributed by atoms with E-state index < -0.39 is 6.04 Å². The molecule has 0 radical (unpaired) electrons. The predicted octanol–water partition coefficient (Wildman–Crippen LogP) is 2.09. The number of anilines is 1. The summed E-state index contributed by atoms with van der Waals surface area (Å²) >= 11 is 1.36. The quantitative estimate of drug-likeness (QED) is 0.810. The molecule has 5 nitrogen and oxygen atoms in total. The predicted molar refractivity (Wildman–Crippen MR) is 74.5 cm³/mol. The molecular formula is C13H18N2O3S. The maximum Gasteiger partial charge on any atom is 0.341 e. The second-order valence-corrected chi connectivity index (χ2v) is 5.55. The van der Waals surface area contributed by atoms with Gasteiger partial charge in [-0.25, -0.2) is 4.79 Å². The van der Waals surface area contributed by atoms with Gasteiger partial charge in [0.1, 0.15) is 5.00 Å². The van der Waals surface area contributed by atoms with Crippen molar-refractivity contribution in [3.05, 3.63) is 16.5 Å². The number of hydrogen-bond donors (Lipinski definition) is 2. The summed E-state index contributed by atoms with van der Waals surface area (Å²) in [4.78, 5) is 23.7. The average molecular weight is 282 g/mol. The number of nitrogens with two attached hydrogens (primary N) is 1. The highest BCUT2D eigenvalue weighted by molar-refractivity contribution is 7.15. The van der Waals surface area contributed by atoms with Gasteiger partial charge in [0.15, 0.2) is 0 Å². The van der Waals surface area contributed by atoms with Crippen LogP contribution in [0.5, 0.6) is 0 Å². The van der Waals surface area contributed by atoms with Crippen LogP contribution in [0.3, 0.4) is 0 Å². The molecule has 0 spiro atoms. The Balaban J connectivity index is 2.27. The van der Waals surface area contributed by atoms with E-state index in [4.69, 9.17) is 10.5 Å². The van der Waals surface area contributed by atoms with Crippen molar-refractivity contribution in [2.75, 3.05) is 11.9 Å². The fraction of sp³-hybridized carbons (Fsp3) is 0.538. The normalized spacial score (nSPS) is 15.9. The highest BCUT2D eigenvalue weighted by Gasteiger charge is 2.32. The van der Waals surface area contributed by atoms with Crippen LogP contribution in [0.15, 0.2) is 5.38 Å². The molecule has 1 amide bonds. The van der Waals surface area contributed by atoms with Gasteiger partial charge in [0.05, 0.1) is 18.2 Å². The van der Waals surface area contributed by atoms with Gasteiger partial charge in [0, 0.05) is 0 Å². The molecule has 3 N–H and O–H groups in total. The third-order valence-electron chi connectivity index (χ3n) is 2.97. The first-order valence-electron chi connectivity index (χ1n) is 6.39. The fourth-order valence-electron chi connectivity index (χ4n) is 1.80. The fourth-order valence-corrected chi connectivity index (χ4v) is 2.83. The second-order valence-electron chi connectivity index (χ2n) is 4.67. The summed E-state index contributed by atoms with van der Waals surface area (Å²) in [5.41, 5.74) is 7.02. The minimum absolute atomic E-state index is 0.297. The Morgan fingerprint density at radius 2 is 2.26 bits per heavy atom. The van der Waals surface area contributed by atoms with Crippen molar-refractivity contribution in [2.45, 2.75) is 38.6 Å². The second kappa shape index (κ2) is 5.71. The van der Waals surface area contributed by atoms with Crippen LogP contribution in [-0.4, -0.2) is 24.5 Å². The average Bonchev–Trinajstić information content (AvgIpc) is 3.11. The Kier molecular flexibility index (Phi) is 4.21. The molecule has 1 atom stereocenters. The summed E-state index contributed by atoms with van der Waals surface area (Å²) in [7, 11) is 0. The van der Waals surface area contributed by atoms with E-state index >= 15 is 0 Å². The van der Waals surface area contributed by atoms with Crippen LogP contribution < -0.4 is 11.1 Å². The highest BCUT2D eigenvalue weighted by atomic mass is 32.1. The van der Waals surface area contributed by atoms with Gasteiger partial charge in [-0.1, -0.05) is 0 Å². The minimum Gasteiger partial charge on any atom is -0.462 e.